The van der Waals surface area contributed by atoms with E-state index in [0.717, 1.165) is 5.56 Å². The summed E-state index contributed by atoms with van der Waals surface area (Å²) in [4.78, 5) is 10.3. The smallest absolute Gasteiger partial charge is 0.371 e. The number of hydrogen-bond donors (Lipinski definition) is 1. The summed E-state index contributed by atoms with van der Waals surface area (Å²) in [7, 11) is 0. The Bertz CT molecular complexity index is 244. The van der Waals surface area contributed by atoms with E-state index < -0.39 is 5.97 Å². The predicted molar refractivity (Wildman–Crippen MR) is 38.1 cm³/mol. The zero-order chi connectivity index (χ0) is 7.72. The SMILES string of the molecule is Cc1cc(C(=O)O)oc1Br. The van der Waals surface area contributed by atoms with E-state index in [1.165, 1.54) is 6.07 Å². The summed E-state index contributed by atoms with van der Waals surface area (Å²) in [5.41, 5.74) is 0.789. The molecule has 1 heterocycles. The largest absolute Gasteiger partial charge is 0.475 e. The lowest BCUT2D eigenvalue weighted by atomic mass is 10.3. The highest BCUT2D eigenvalue weighted by molar-refractivity contribution is 9.10. The van der Waals surface area contributed by atoms with Gasteiger partial charge < -0.3 is 9.52 Å². The van der Waals surface area contributed by atoms with Gasteiger partial charge in [0.2, 0.25) is 5.76 Å². The van der Waals surface area contributed by atoms with Crippen molar-refractivity contribution in [3.05, 3.63) is 22.1 Å². The number of furan rings is 1. The average Bonchev–Trinajstić information content (AvgIpc) is 2.13. The third-order valence-electron chi connectivity index (χ3n) is 1.07. The van der Waals surface area contributed by atoms with E-state index >= 15 is 0 Å². The molecule has 0 amide bonds. The molecule has 0 unspecified atom stereocenters. The Labute approximate surface area is 65.8 Å². The number of rotatable bonds is 1. The van der Waals surface area contributed by atoms with Crippen LogP contribution in [0.25, 0.3) is 0 Å². The van der Waals surface area contributed by atoms with Gasteiger partial charge in [-0.05, 0) is 28.9 Å². The zero-order valence-corrected chi connectivity index (χ0v) is 6.81. The lowest BCUT2D eigenvalue weighted by Gasteiger charge is -1.81. The third-order valence-corrected chi connectivity index (χ3v) is 1.86. The van der Waals surface area contributed by atoms with Gasteiger partial charge in [-0.25, -0.2) is 4.79 Å². The molecule has 0 saturated carbocycles. The summed E-state index contributed by atoms with van der Waals surface area (Å²) in [6, 6.07) is 1.46. The van der Waals surface area contributed by atoms with Crippen molar-refractivity contribution in [2.75, 3.05) is 0 Å². The number of carbonyl (C=O) groups is 1. The fourth-order valence-corrected chi connectivity index (χ4v) is 0.854. The topological polar surface area (TPSA) is 50.4 Å². The standard InChI is InChI=1S/C6H5BrO3/c1-3-2-4(6(8)9)10-5(3)7/h2H,1H3,(H,8,9). The van der Waals surface area contributed by atoms with Crippen molar-refractivity contribution < 1.29 is 14.3 Å². The van der Waals surface area contributed by atoms with Crippen molar-refractivity contribution in [2.24, 2.45) is 0 Å². The monoisotopic (exact) mass is 204 g/mol. The first kappa shape index (κ1) is 7.34. The van der Waals surface area contributed by atoms with Crippen molar-refractivity contribution in [3.63, 3.8) is 0 Å². The number of aromatic carboxylic acids is 1. The summed E-state index contributed by atoms with van der Waals surface area (Å²) in [6.07, 6.45) is 0. The van der Waals surface area contributed by atoms with Gasteiger partial charge in [0, 0.05) is 5.56 Å². The second-order valence-electron chi connectivity index (χ2n) is 1.87. The average molecular weight is 205 g/mol. The lowest BCUT2D eigenvalue weighted by Crippen LogP contribution is -1.91. The van der Waals surface area contributed by atoms with Crippen molar-refractivity contribution >= 4 is 21.9 Å². The van der Waals surface area contributed by atoms with E-state index in [1.807, 2.05) is 0 Å². The molecule has 1 aromatic rings. The fourth-order valence-electron chi connectivity index (χ4n) is 0.565. The highest BCUT2D eigenvalue weighted by atomic mass is 79.9. The lowest BCUT2D eigenvalue weighted by molar-refractivity contribution is 0.0661. The van der Waals surface area contributed by atoms with E-state index in [2.05, 4.69) is 15.9 Å². The van der Waals surface area contributed by atoms with Gasteiger partial charge in [0.15, 0.2) is 4.67 Å². The first-order valence-corrected chi connectivity index (χ1v) is 3.40. The van der Waals surface area contributed by atoms with Gasteiger partial charge in [-0.1, -0.05) is 0 Å². The van der Waals surface area contributed by atoms with Crippen molar-refractivity contribution in [1.82, 2.24) is 0 Å². The normalized spacial score (nSPS) is 9.80. The van der Waals surface area contributed by atoms with Crippen LogP contribution in [0.3, 0.4) is 0 Å². The molecule has 1 N–H and O–H groups in total. The number of aryl methyl sites for hydroxylation is 1. The van der Waals surface area contributed by atoms with E-state index in [-0.39, 0.29) is 5.76 Å². The molecule has 1 rings (SSSR count). The maximum atomic E-state index is 10.3. The van der Waals surface area contributed by atoms with Crippen molar-refractivity contribution in [1.29, 1.82) is 0 Å². The maximum absolute atomic E-state index is 10.3. The zero-order valence-electron chi connectivity index (χ0n) is 5.22. The van der Waals surface area contributed by atoms with Gasteiger partial charge in [0.05, 0.1) is 0 Å². The van der Waals surface area contributed by atoms with E-state index in [0.29, 0.717) is 4.67 Å². The molecular formula is C6H5BrO3. The summed E-state index contributed by atoms with van der Waals surface area (Å²) in [6.45, 7) is 1.76. The highest BCUT2D eigenvalue weighted by Crippen LogP contribution is 2.19. The third kappa shape index (κ3) is 1.21. The molecule has 0 spiro atoms. The molecular weight excluding hydrogens is 200 g/mol. The van der Waals surface area contributed by atoms with Crippen LogP contribution in [0.5, 0.6) is 0 Å². The minimum Gasteiger partial charge on any atom is -0.475 e. The summed E-state index contributed by atoms with van der Waals surface area (Å²) >= 11 is 3.05. The van der Waals surface area contributed by atoms with Gasteiger partial charge in [-0.15, -0.1) is 0 Å². The highest BCUT2D eigenvalue weighted by Gasteiger charge is 2.10. The molecule has 54 valence electrons. The number of carboxylic acid groups (broad SMARTS) is 1. The fraction of sp³-hybridized carbons (Fsp3) is 0.167. The number of hydrogen-bond acceptors (Lipinski definition) is 2. The van der Waals surface area contributed by atoms with Crippen LogP contribution in [-0.4, -0.2) is 11.1 Å². The summed E-state index contributed by atoms with van der Waals surface area (Å²) < 4.78 is 5.27. The van der Waals surface area contributed by atoms with Gasteiger partial charge >= 0.3 is 5.97 Å². The van der Waals surface area contributed by atoms with E-state index in [9.17, 15) is 4.79 Å². The molecule has 0 aliphatic heterocycles. The van der Waals surface area contributed by atoms with Crippen molar-refractivity contribution in [2.45, 2.75) is 6.92 Å². The maximum Gasteiger partial charge on any atom is 0.371 e. The molecule has 0 aliphatic carbocycles. The van der Waals surface area contributed by atoms with Crippen LogP contribution in [0.4, 0.5) is 0 Å². The van der Waals surface area contributed by atoms with Gasteiger partial charge in [0.25, 0.3) is 0 Å². The van der Waals surface area contributed by atoms with Crippen LogP contribution in [0.2, 0.25) is 0 Å². The molecule has 0 bridgehead atoms. The molecule has 0 saturated heterocycles. The molecule has 1 aromatic heterocycles. The molecule has 10 heavy (non-hydrogen) atoms. The van der Waals surface area contributed by atoms with E-state index in [4.69, 9.17) is 9.52 Å². The van der Waals surface area contributed by atoms with Crippen LogP contribution in [-0.2, 0) is 0 Å². The number of carboxylic acids is 1. The molecule has 0 aliphatic rings. The Morgan fingerprint density at radius 2 is 2.40 bits per heavy atom. The first-order chi connectivity index (χ1) is 4.61. The molecule has 0 aromatic carbocycles. The Balaban J connectivity index is 3.10. The molecule has 4 heteroatoms. The van der Waals surface area contributed by atoms with Gasteiger partial charge in [0.1, 0.15) is 0 Å². The summed E-state index contributed by atoms with van der Waals surface area (Å²) in [5.74, 6) is -1.09. The number of halogens is 1. The van der Waals surface area contributed by atoms with Crippen LogP contribution < -0.4 is 0 Å². The van der Waals surface area contributed by atoms with Crippen LogP contribution in [0, 0.1) is 6.92 Å². The molecule has 0 fully saturated rings. The van der Waals surface area contributed by atoms with Crippen LogP contribution in [0.1, 0.15) is 16.1 Å². The molecule has 0 atom stereocenters. The quantitative estimate of drug-likeness (QED) is 0.763. The Kier molecular flexibility index (Phi) is 1.80. The first-order valence-electron chi connectivity index (χ1n) is 2.60. The molecule has 0 radical (unpaired) electrons. The van der Waals surface area contributed by atoms with Gasteiger partial charge in [-0.2, -0.15) is 0 Å². The minimum atomic E-state index is -1.05. The van der Waals surface area contributed by atoms with Crippen LogP contribution in [0.15, 0.2) is 15.2 Å². The Morgan fingerprint density at radius 1 is 1.80 bits per heavy atom. The Hall–Kier alpha value is -0.770. The predicted octanol–water partition coefficient (Wildman–Crippen LogP) is 2.05. The summed E-state index contributed by atoms with van der Waals surface area (Å²) in [5, 5.41) is 8.41. The Morgan fingerprint density at radius 3 is 2.60 bits per heavy atom. The van der Waals surface area contributed by atoms with Gasteiger partial charge in [-0.3, -0.25) is 0 Å². The van der Waals surface area contributed by atoms with E-state index in [1.54, 1.807) is 6.92 Å². The second kappa shape index (κ2) is 2.46. The van der Waals surface area contributed by atoms with Crippen molar-refractivity contribution in [3.8, 4) is 0 Å². The second-order valence-corrected chi connectivity index (χ2v) is 2.59. The molecule has 3 nitrogen and oxygen atoms in total. The minimum absolute atomic E-state index is 0.0376. The van der Waals surface area contributed by atoms with Crippen LogP contribution >= 0.6 is 15.9 Å².